The number of aromatic nitrogens is 2. The smallest absolute Gasteiger partial charge is 0.410 e. The first kappa shape index (κ1) is 29.5. The Morgan fingerprint density at radius 1 is 0.978 bits per heavy atom. The molecular weight excluding hydrogens is 573 g/mol. The third-order valence-electron chi connectivity index (χ3n) is 10.6. The number of carbonyl (C=O) groups is 2. The van der Waals surface area contributed by atoms with Crippen LogP contribution in [-0.4, -0.2) is 75.2 Å². The number of likely N-dealkylation sites (tertiary alicyclic amines) is 2. The molecule has 45 heavy (non-hydrogen) atoms. The summed E-state index contributed by atoms with van der Waals surface area (Å²) in [6.45, 7) is 3.23. The van der Waals surface area contributed by atoms with Gasteiger partial charge >= 0.3 is 12.1 Å². The normalized spacial score (nSPS) is 24.7. The lowest BCUT2D eigenvalue weighted by molar-refractivity contribution is 0.0175. The summed E-state index contributed by atoms with van der Waals surface area (Å²) in [7, 11) is 0. The van der Waals surface area contributed by atoms with E-state index in [0.29, 0.717) is 57.9 Å². The van der Waals surface area contributed by atoms with Crippen molar-refractivity contribution in [2.24, 2.45) is 11.3 Å². The maximum absolute atomic E-state index is 14.4. The van der Waals surface area contributed by atoms with E-state index in [4.69, 9.17) is 4.74 Å². The molecule has 4 fully saturated rings. The van der Waals surface area contributed by atoms with E-state index in [0.717, 1.165) is 43.2 Å². The van der Waals surface area contributed by atoms with Gasteiger partial charge in [-0.05, 0) is 61.1 Å². The monoisotopic (exact) mass is 613 g/mol. The fourth-order valence-electron chi connectivity index (χ4n) is 8.27. The zero-order valence-electron chi connectivity index (χ0n) is 25.5. The van der Waals surface area contributed by atoms with Crippen molar-refractivity contribution in [3.63, 3.8) is 0 Å². The number of cyclic esters (lactones) is 1. The number of halogens is 1. The molecule has 1 unspecified atom stereocenters. The van der Waals surface area contributed by atoms with E-state index < -0.39 is 0 Å². The third kappa shape index (κ3) is 5.82. The van der Waals surface area contributed by atoms with Crippen LogP contribution >= 0.6 is 0 Å². The van der Waals surface area contributed by atoms with Crippen molar-refractivity contribution in [2.75, 3.05) is 32.8 Å². The fraction of sp³-hybridized carbons (Fsp3) is 0.486. The maximum atomic E-state index is 14.4. The van der Waals surface area contributed by atoms with Gasteiger partial charge in [-0.1, -0.05) is 55.3 Å². The van der Waals surface area contributed by atoms with Gasteiger partial charge < -0.3 is 19.4 Å². The molecule has 1 saturated carbocycles. The second-order valence-corrected chi connectivity index (χ2v) is 13.1. The minimum Gasteiger partial charge on any atom is -0.448 e. The lowest BCUT2D eigenvalue weighted by Crippen LogP contribution is -2.57. The predicted molar refractivity (Wildman–Crippen MR) is 167 cm³/mol. The Morgan fingerprint density at radius 3 is 2.53 bits per heavy atom. The van der Waals surface area contributed by atoms with Crippen molar-refractivity contribution in [1.82, 2.24) is 24.3 Å². The molecule has 3 amide bonds. The van der Waals surface area contributed by atoms with Crippen molar-refractivity contribution in [2.45, 2.75) is 63.6 Å². The molecule has 3 saturated heterocycles. The minimum absolute atomic E-state index is 0.0255. The molecule has 236 valence electrons. The Morgan fingerprint density at radius 2 is 1.80 bits per heavy atom. The van der Waals surface area contributed by atoms with Gasteiger partial charge in [-0.15, -0.1) is 0 Å². The number of hydrogen-bond donors (Lipinski definition) is 0. The number of nitrogens with zero attached hydrogens (tertiary/aromatic N) is 5. The van der Waals surface area contributed by atoms with Crippen LogP contribution in [0.15, 0.2) is 71.8 Å². The van der Waals surface area contributed by atoms with E-state index in [1.54, 1.807) is 27.9 Å². The summed E-state index contributed by atoms with van der Waals surface area (Å²) < 4.78 is 21.3. The Kier molecular flexibility index (Phi) is 8.06. The third-order valence-corrected chi connectivity index (χ3v) is 10.6. The molecule has 3 atom stereocenters. The molecule has 3 aromatic rings. The minimum atomic E-state index is -0.342. The molecule has 1 spiro atoms. The second kappa shape index (κ2) is 12.3. The summed E-state index contributed by atoms with van der Waals surface area (Å²) in [5.41, 5.74) is 2.22. The summed E-state index contributed by atoms with van der Waals surface area (Å²) in [6.07, 6.45) is 7.64. The van der Waals surface area contributed by atoms with Crippen LogP contribution in [0.1, 0.15) is 56.6 Å². The highest BCUT2D eigenvalue weighted by molar-refractivity contribution is 5.76. The molecule has 1 aliphatic carbocycles. The van der Waals surface area contributed by atoms with Gasteiger partial charge in [-0.3, -0.25) is 9.36 Å². The number of ether oxygens (including phenoxy) is 1. The van der Waals surface area contributed by atoms with Crippen molar-refractivity contribution in [3.8, 4) is 11.3 Å². The highest BCUT2D eigenvalue weighted by Gasteiger charge is 2.48. The first-order valence-corrected chi connectivity index (χ1v) is 16.3. The molecule has 3 aliphatic heterocycles. The zero-order chi connectivity index (χ0) is 31.0. The molecular formula is C35H40FN5O4. The van der Waals surface area contributed by atoms with E-state index >= 15 is 0 Å². The second-order valence-electron chi connectivity index (χ2n) is 13.1. The summed E-state index contributed by atoms with van der Waals surface area (Å²) in [4.78, 5) is 50.2. The molecule has 9 nitrogen and oxygen atoms in total. The van der Waals surface area contributed by atoms with Crippen LogP contribution in [0.5, 0.6) is 0 Å². The molecule has 10 heteroatoms. The first-order valence-electron chi connectivity index (χ1n) is 16.3. The molecule has 0 bridgehead atoms. The number of rotatable bonds is 5. The number of hydrogen-bond acceptors (Lipinski definition) is 5. The van der Waals surface area contributed by atoms with Crippen LogP contribution in [-0.2, 0) is 11.3 Å². The number of benzene rings is 2. The SMILES string of the molecule is O=C1OCCN1C1CCN(C(=O)N2CC[C@@H](Cn3cnc(-c4ccccc4)cc3=O)C3(CCCC3)C2)[C@H](c2cccc(F)c2)C1. The van der Waals surface area contributed by atoms with Gasteiger partial charge in [0.1, 0.15) is 12.4 Å². The predicted octanol–water partition coefficient (Wildman–Crippen LogP) is 5.71. The van der Waals surface area contributed by atoms with Crippen molar-refractivity contribution in [3.05, 3.63) is 88.7 Å². The van der Waals surface area contributed by atoms with Crippen LogP contribution in [0.4, 0.5) is 14.0 Å². The van der Waals surface area contributed by atoms with Crippen molar-refractivity contribution in [1.29, 1.82) is 0 Å². The van der Waals surface area contributed by atoms with Crippen molar-refractivity contribution >= 4 is 12.1 Å². The molecule has 2 aromatic carbocycles. The summed E-state index contributed by atoms with van der Waals surface area (Å²) in [6, 6.07) is 17.4. The molecule has 1 aromatic heterocycles. The number of urea groups is 1. The highest BCUT2D eigenvalue weighted by atomic mass is 19.1. The van der Waals surface area contributed by atoms with Gasteiger partial charge in [-0.25, -0.2) is 19.0 Å². The molecule has 7 rings (SSSR count). The van der Waals surface area contributed by atoms with Crippen LogP contribution in [0, 0.1) is 17.2 Å². The van der Waals surface area contributed by atoms with Gasteiger partial charge in [0, 0.05) is 43.9 Å². The first-order chi connectivity index (χ1) is 21.9. The van der Waals surface area contributed by atoms with Crippen LogP contribution in [0.3, 0.4) is 0 Å². The van der Waals surface area contributed by atoms with E-state index in [1.807, 2.05) is 46.2 Å². The zero-order valence-corrected chi connectivity index (χ0v) is 25.5. The maximum Gasteiger partial charge on any atom is 0.410 e. The van der Waals surface area contributed by atoms with Crippen LogP contribution in [0.25, 0.3) is 11.3 Å². The van der Waals surface area contributed by atoms with E-state index in [-0.39, 0.29) is 46.9 Å². The lowest BCUT2D eigenvalue weighted by Gasteiger charge is -2.49. The molecule has 4 aliphatic rings. The van der Waals surface area contributed by atoms with E-state index in [2.05, 4.69) is 4.98 Å². The van der Waals surface area contributed by atoms with Gasteiger partial charge in [0.2, 0.25) is 0 Å². The van der Waals surface area contributed by atoms with Crippen LogP contribution in [0.2, 0.25) is 0 Å². The summed E-state index contributed by atoms with van der Waals surface area (Å²) >= 11 is 0. The number of carbonyl (C=O) groups excluding carboxylic acids is 2. The number of piperidine rings is 2. The van der Waals surface area contributed by atoms with Gasteiger partial charge in [0.25, 0.3) is 5.56 Å². The largest absolute Gasteiger partial charge is 0.448 e. The average Bonchev–Trinajstić information content (AvgIpc) is 3.72. The summed E-state index contributed by atoms with van der Waals surface area (Å²) in [5, 5.41) is 0. The quantitative estimate of drug-likeness (QED) is 0.368. The Bertz CT molecular complexity index is 1610. The van der Waals surface area contributed by atoms with Gasteiger partial charge in [0.05, 0.1) is 24.6 Å². The lowest BCUT2D eigenvalue weighted by atomic mass is 9.69. The fourth-order valence-corrected chi connectivity index (χ4v) is 8.27. The topological polar surface area (TPSA) is 88.0 Å². The molecule has 0 radical (unpaired) electrons. The summed E-state index contributed by atoms with van der Waals surface area (Å²) in [5.74, 6) is -0.0769. The van der Waals surface area contributed by atoms with Gasteiger partial charge in [0.15, 0.2) is 0 Å². The van der Waals surface area contributed by atoms with Crippen molar-refractivity contribution < 1.29 is 18.7 Å². The highest BCUT2D eigenvalue weighted by Crippen LogP contribution is 2.49. The Balaban J connectivity index is 1.09. The Labute approximate surface area is 262 Å². The van der Waals surface area contributed by atoms with E-state index in [9.17, 15) is 18.8 Å². The number of amides is 3. The standard InChI is InChI=1S/C35H40FN5O4/c36-28-10-6-9-26(19-28)31-20-29(40-17-18-45-34(40)44)12-16-41(31)33(43)38-15-11-27(35(23-38)13-4-5-14-35)22-39-24-37-30(21-32(39)42)25-7-2-1-3-8-25/h1-3,6-10,19,21,24,27,29,31H,4-5,11-18,20,22-23H2/t27-,29?,31-/m0/s1. The van der Waals surface area contributed by atoms with Gasteiger partial charge in [-0.2, -0.15) is 0 Å². The Hall–Kier alpha value is -4.21. The van der Waals surface area contributed by atoms with E-state index in [1.165, 1.54) is 12.1 Å². The molecule has 0 N–H and O–H groups in total. The molecule has 4 heterocycles. The average molecular weight is 614 g/mol. The van der Waals surface area contributed by atoms with Crippen LogP contribution < -0.4 is 5.56 Å².